The smallest absolute Gasteiger partial charge is 0.223 e. The molecule has 1 saturated heterocycles. The summed E-state index contributed by atoms with van der Waals surface area (Å²) in [4.78, 5) is 17.5. The van der Waals surface area contributed by atoms with Gasteiger partial charge in [-0.25, -0.2) is 18.5 Å². The number of rotatable bonds is 4. The first kappa shape index (κ1) is 14.4. The predicted molar refractivity (Wildman–Crippen MR) is 73.4 cm³/mol. The topological polar surface area (TPSA) is 93.4 Å². The third kappa shape index (κ3) is 4.26. The average molecular weight is 348 g/mol. The average Bonchev–Trinajstić information content (AvgIpc) is 2.60. The Kier molecular flexibility index (Phi) is 4.22. The molecule has 0 radical (unpaired) electrons. The second-order valence-electron chi connectivity index (χ2n) is 4.66. The number of likely N-dealkylation sites (tertiary alicyclic amines) is 1. The molecule has 0 spiro atoms. The maximum Gasteiger partial charge on any atom is 0.223 e. The van der Waals surface area contributed by atoms with E-state index in [1.807, 2.05) is 6.07 Å². The van der Waals surface area contributed by atoms with E-state index >= 15 is 0 Å². The summed E-state index contributed by atoms with van der Waals surface area (Å²) in [5, 5.41) is 5.00. The van der Waals surface area contributed by atoms with Crippen molar-refractivity contribution >= 4 is 31.9 Å². The quantitative estimate of drug-likeness (QED) is 0.801. The molecular formula is C11H14BrN3O3S. The minimum atomic E-state index is -3.53. The Balaban J connectivity index is 1.98. The van der Waals surface area contributed by atoms with Crippen LogP contribution in [0.15, 0.2) is 22.9 Å². The monoisotopic (exact) mass is 347 g/mol. The zero-order valence-electron chi connectivity index (χ0n) is 10.1. The lowest BCUT2D eigenvalue weighted by Gasteiger charge is -2.16. The lowest BCUT2D eigenvalue weighted by Crippen LogP contribution is -2.27. The highest BCUT2D eigenvalue weighted by Crippen LogP contribution is 2.21. The molecule has 104 valence electrons. The molecule has 6 nitrogen and oxygen atoms in total. The highest BCUT2D eigenvalue weighted by atomic mass is 79.9. The summed E-state index contributed by atoms with van der Waals surface area (Å²) in [6, 6.07) is 3.68. The van der Waals surface area contributed by atoms with Crippen LogP contribution in [0.3, 0.4) is 0 Å². The molecule has 0 bridgehead atoms. The molecule has 1 aromatic rings. The van der Waals surface area contributed by atoms with Crippen molar-refractivity contribution in [3.8, 4) is 0 Å². The fourth-order valence-electron chi connectivity index (χ4n) is 2.17. The molecule has 0 aromatic carbocycles. The van der Waals surface area contributed by atoms with Gasteiger partial charge < -0.3 is 4.90 Å². The molecule has 1 aliphatic rings. The van der Waals surface area contributed by atoms with Gasteiger partial charge in [-0.3, -0.25) is 4.79 Å². The molecule has 0 saturated carbocycles. The Morgan fingerprint density at radius 1 is 1.47 bits per heavy atom. The first-order valence-electron chi connectivity index (χ1n) is 5.72. The summed E-state index contributed by atoms with van der Waals surface area (Å²) in [5.41, 5.74) is 0.910. The van der Waals surface area contributed by atoms with Crippen LogP contribution in [0.5, 0.6) is 0 Å². The van der Waals surface area contributed by atoms with Gasteiger partial charge >= 0.3 is 0 Å². The Labute approximate surface area is 120 Å². The van der Waals surface area contributed by atoms with Crippen LogP contribution >= 0.6 is 15.9 Å². The van der Waals surface area contributed by atoms with Crippen molar-refractivity contribution in [2.24, 2.45) is 11.1 Å². The Morgan fingerprint density at radius 2 is 2.21 bits per heavy atom. The van der Waals surface area contributed by atoms with Crippen LogP contribution in [0.2, 0.25) is 0 Å². The van der Waals surface area contributed by atoms with E-state index in [0.717, 1.165) is 10.2 Å². The van der Waals surface area contributed by atoms with Crippen LogP contribution in [-0.4, -0.2) is 36.5 Å². The number of sulfonamides is 1. The van der Waals surface area contributed by atoms with Crippen LogP contribution in [0, 0.1) is 5.92 Å². The molecule has 2 rings (SSSR count). The first-order chi connectivity index (χ1) is 8.83. The van der Waals surface area contributed by atoms with Crippen molar-refractivity contribution in [3.63, 3.8) is 0 Å². The summed E-state index contributed by atoms with van der Waals surface area (Å²) < 4.78 is 22.8. The number of carbonyl (C=O) groups excluding carboxylic acids is 1. The summed E-state index contributed by atoms with van der Waals surface area (Å²) in [7, 11) is -3.53. The highest BCUT2D eigenvalue weighted by molar-refractivity contribution is 9.10. The predicted octanol–water partition coefficient (Wildman–Crippen LogP) is 0.481. The third-order valence-corrected chi connectivity index (χ3v) is 4.33. The number of pyridine rings is 1. The van der Waals surface area contributed by atoms with E-state index in [1.165, 1.54) is 0 Å². The number of amides is 1. The van der Waals surface area contributed by atoms with Crippen LogP contribution < -0.4 is 5.14 Å². The molecule has 8 heteroatoms. The SMILES string of the molecule is NS(=O)(=O)CC1CC(=O)N(Cc2ccc(Br)nc2)C1. The molecule has 1 fully saturated rings. The molecule has 1 unspecified atom stereocenters. The van der Waals surface area contributed by atoms with E-state index in [2.05, 4.69) is 20.9 Å². The van der Waals surface area contributed by atoms with Gasteiger partial charge in [0, 0.05) is 31.6 Å². The van der Waals surface area contributed by atoms with Gasteiger partial charge in [0.25, 0.3) is 0 Å². The summed E-state index contributed by atoms with van der Waals surface area (Å²) in [6.07, 6.45) is 1.92. The summed E-state index contributed by atoms with van der Waals surface area (Å²) in [6.45, 7) is 0.867. The van der Waals surface area contributed by atoms with E-state index in [1.54, 1.807) is 17.2 Å². The molecule has 19 heavy (non-hydrogen) atoms. The van der Waals surface area contributed by atoms with Gasteiger partial charge in [-0.05, 0) is 27.6 Å². The zero-order chi connectivity index (χ0) is 14.0. The standard InChI is InChI=1S/C11H14BrN3O3S/c12-10-2-1-8(4-14-10)5-15-6-9(3-11(15)16)7-19(13,17)18/h1-2,4,9H,3,5-7H2,(H2,13,17,18). The molecule has 2 N–H and O–H groups in total. The fraction of sp³-hybridized carbons (Fsp3) is 0.455. The van der Waals surface area contributed by atoms with Gasteiger partial charge in [-0.1, -0.05) is 6.07 Å². The zero-order valence-corrected chi connectivity index (χ0v) is 12.5. The van der Waals surface area contributed by atoms with E-state index < -0.39 is 10.0 Å². The van der Waals surface area contributed by atoms with Crippen LogP contribution in [0.1, 0.15) is 12.0 Å². The second-order valence-corrected chi connectivity index (χ2v) is 7.13. The molecule has 1 amide bonds. The lowest BCUT2D eigenvalue weighted by atomic mass is 10.1. The molecule has 0 aliphatic carbocycles. The number of primary sulfonamides is 1. The summed E-state index contributed by atoms with van der Waals surface area (Å²) in [5.74, 6) is -0.407. The molecule has 1 aliphatic heterocycles. The van der Waals surface area contributed by atoms with Gasteiger partial charge in [0.1, 0.15) is 4.60 Å². The Hall–Kier alpha value is -0.990. The third-order valence-electron chi connectivity index (χ3n) is 2.92. The number of nitrogens with two attached hydrogens (primary N) is 1. The van der Waals surface area contributed by atoms with Gasteiger partial charge in [-0.15, -0.1) is 0 Å². The number of hydrogen-bond donors (Lipinski definition) is 1. The number of halogens is 1. The largest absolute Gasteiger partial charge is 0.338 e. The number of aromatic nitrogens is 1. The fourth-order valence-corrected chi connectivity index (χ4v) is 3.28. The van der Waals surface area contributed by atoms with Crippen molar-refractivity contribution < 1.29 is 13.2 Å². The molecule has 1 aromatic heterocycles. The van der Waals surface area contributed by atoms with Crippen molar-refractivity contribution in [3.05, 3.63) is 28.5 Å². The van der Waals surface area contributed by atoms with Crippen molar-refractivity contribution in [1.82, 2.24) is 9.88 Å². The minimum Gasteiger partial charge on any atom is -0.338 e. The van der Waals surface area contributed by atoms with Crippen molar-refractivity contribution in [2.45, 2.75) is 13.0 Å². The normalized spacial score (nSPS) is 20.0. The molecule has 2 heterocycles. The van der Waals surface area contributed by atoms with E-state index in [9.17, 15) is 13.2 Å². The maximum absolute atomic E-state index is 11.8. The van der Waals surface area contributed by atoms with Crippen LogP contribution in [0.4, 0.5) is 0 Å². The minimum absolute atomic E-state index is 0.0448. The van der Waals surface area contributed by atoms with E-state index in [0.29, 0.717) is 13.1 Å². The van der Waals surface area contributed by atoms with Gasteiger partial charge in [0.2, 0.25) is 15.9 Å². The lowest BCUT2D eigenvalue weighted by molar-refractivity contribution is -0.128. The maximum atomic E-state index is 11.8. The Morgan fingerprint density at radius 3 is 2.79 bits per heavy atom. The Bertz CT molecular complexity index is 573. The van der Waals surface area contributed by atoms with Gasteiger partial charge in [-0.2, -0.15) is 0 Å². The van der Waals surface area contributed by atoms with E-state index in [-0.39, 0.29) is 24.0 Å². The van der Waals surface area contributed by atoms with Crippen LogP contribution in [-0.2, 0) is 21.4 Å². The number of hydrogen-bond acceptors (Lipinski definition) is 4. The van der Waals surface area contributed by atoms with Crippen LogP contribution in [0.25, 0.3) is 0 Å². The van der Waals surface area contributed by atoms with Crippen molar-refractivity contribution in [2.75, 3.05) is 12.3 Å². The number of carbonyl (C=O) groups is 1. The molecule has 1 atom stereocenters. The first-order valence-corrected chi connectivity index (χ1v) is 8.23. The summed E-state index contributed by atoms with van der Waals surface area (Å²) >= 11 is 3.24. The molecular weight excluding hydrogens is 334 g/mol. The van der Waals surface area contributed by atoms with E-state index in [4.69, 9.17) is 5.14 Å². The second kappa shape index (κ2) is 5.56. The number of nitrogens with zero attached hydrogens (tertiary/aromatic N) is 2. The van der Waals surface area contributed by atoms with Crippen molar-refractivity contribution in [1.29, 1.82) is 0 Å². The van der Waals surface area contributed by atoms with Gasteiger partial charge in [0.15, 0.2) is 0 Å². The highest BCUT2D eigenvalue weighted by Gasteiger charge is 2.31. The van der Waals surface area contributed by atoms with Gasteiger partial charge in [0.05, 0.1) is 5.75 Å².